The first-order valence-electron chi connectivity index (χ1n) is 8.65. The highest BCUT2D eigenvalue weighted by molar-refractivity contribution is 7.88. The second-order valence-electron chi connectivity index (χ2n) is 6.78. The lowest BCUT2D eigenvalue weighted by Gasteiger charge is -2.30. The van der Waals surface area contributed by atoms with Crippen molar-refractivity contribution in [1.82, 2.24) is 19.3 Å². The molecule has 0 bridgehead atoms. The van der Waals surface area contributed by atoms with Crippen molar-refractivity contribution in [3.63, 3.8) is 0 Å². The number of anilines is 2. The van der Waals surface area contributed by atoms with Gasteiger partial charge in [0.05, 0.1) is 22.4 Å². The third-order valence-electron chi connectivity index (χ3n) is 4.42. The molecule has 1 aliphatic heterocycles. The smallest absolute Gasteiger partial charge is 0.267 e. The molecule has 0 saturated carbocycles. The number of aromatic nitrogens is 3. The summed E-state index contributed by atoms with van der Waals surface area (Å²) in [6, 6.07) is -0.0259. The van der Waals surface area contributed by atoms with Gasteiger partial charge in [-0.3, -0.25) is 0 Å². The number of rotatable bonds is 6. The van der Waals surface area contributed by atoms with Crippen molar-refractivity contribution < 1.29 is 17.2 Å². The summed E-state index contributed by atoms with van der Waals surface area (Å²) < 4.78 is 51.5. The number of nitrogens with one attached hydrogen (secondary N) is 1. The van der Waals surface area contributed by atoms with Gasteiger partial charge in [-0.2, -0.15) is 0 Å². The minimum atomic E-state index is -3.20. The van der Waals surface area contributed by atoms with E-state index in [1.54, 1.807) is 4.90 Å². The fourth-order valence-corrected chi connectivity index (χ4v) is 4.64. The molecule has 2 aromatic rings. The normalized spacial score (nSPS) is 16.5. The molecule has 0 aromatic carbocycles. The van der Waals surface area contributed by atoms with Crippen LogP contribution >= 0.6 is 11.3 Å². The van der Waals surface area contributed by atoms with Gasteiger partial charge < -0.3 is 10.2 Å². The first-order chi connectivity index (χ1) is 13.1. The van der Waals surface area contributed by atoms with E-state index < -0.39 is 16.4 Å². The summed E-state index contributed by atoms with van der Waals surface area (Å²) in [6.07, 6.45) is 2.34. The van der Waals surface area contributed by atoms with Crippen molar-refractivity contribution in [3.8, 4) is 10.6 Å². The zero-order chi connectivity index (χ0) is 20.5. The molecule has 8 nitrogen and oxygen atoms in total. The molecular weight excluding hydrogens is 410 g/mol. The summed E-state index contributed by atoms with van der Waals surface area (Å²) in [6.45, 7) is 0.805. The van der Waals surface area contributed by atoms with E-state index in [0.717, 1.165) is 6.20 Å². The lowest BCUT2D eigenvalue weighted by atomic mass is 10.1. The fourth-order valence-electron chi connectivity index (χ4n) is 2.91. The molecule has 28 heavy (non-hydrogen) atoms. The molecule has 154 valence electrons. The quantitative estimate of drug-likeness (QED) is 0.750. The number of sulfonamides is 1. The maximum atomic E-state index is 13.4. The Morgan fingerprint density at radius 2 is 1.93 bits per heavy atom. The van der Waals surface area contributed by atoms with E-state index in [1.807, 2.05) is 14.1 Å². The summed E-state index contributed by atoms with van der Waals surface area (Å²) >= 11 is 1.27. The second kappa shape index (κ2) is 8.21. The van der Waals surface area contributed by atoms with E-state index in [4.69, 9.17) is 0 Å². The lowest BCUT2D eigenvalue weighted by molar-refractivity contribution is 0.151. The van der Waals surface area contributed by atoms with Crippen LogP contribution in [0.15, 0.2) is 12.4 Å². The summed E-state index contributed by atoms with van der Waals surface area (Å²) in [5.74, 6) is 0.247. The monoisotopic (exact) mass is 432 g/mol. The fraction of sp³-hybridized carbons (Fsp3) is 0.562. The molecule has 0 spiro atoms. The Morgan fingerprint density at radius 3 is 2.46 bits per heavy atom. The topological polar surface area (TPSA) is 91.3 Å². The van der Waals surface area contributed by atoms with Gasteiger partial charge in [0.2, 0.25) is 16.0 Å². The average Bonchev–Trinajstić information content (AvgIpc) is 3.11. The van der Waals surface area contributed by atoms with E-state index in [1.165, 1.54) is 28.1 Å². The van der Waals surface area contributed by atoms with E-state index in [0.29, 0.717) is 35.9 Å². The van der Waals surface area contributed by atoms with Crippen LogP contribution in [0.25, 0.3) is 10.6 Å². The number of piperidine rings is 1. The molecule has 12 heteroatoms. The summed E-state index contributed by atoms with van der Waals surface area (Å²) in [7, 11) is 0.448. The van der Waals surface area contributed by atoms with Crippen molar-refractivity contribution in [2.75, 3.05) is 43.7 Å². The van der Waals surface area contributed by atoms with Crippen LogP contribution in [-0.4, -0.2) is 67.2 Å². The first kappa shape index (κ1) is 20.8. The van der Waals surface area contributed by atoms with Gasteiger partial charge in [0, 0.05) is 45.6 Å². The molecule has 0 aliphatic carbocycles. The average molecular weight is 433 g/mol. The molecule has 0 radical (unpaired) electrons. The maximum Gasteiger partial charge on any atom is 0.267 e. The summed E-state index contributed by atoms with van der Waals surface area (Å²) in [4.78, 5) is 14.9. The van der Waals surface area contributed by atoms with Crippen LogP contribution in [0.4, 0.5) is 19.9 Å². The van der Waals surface area contributed by atoms with Gasteiger partial charge in [-0.1, -0.05) is 11.3 Å². The van der Waals surface area contributed by atoms with Crippen LogP contribution in [0.1, 0.15) is 24.8 Å². The standard InChI is InChI=1S/C16H22F2N6O2S2/c1-23(2)16-20-9-12(27-16)13-11(14(17)18)8-19-15(22-13)21-10-4-6-24(7-5-10)28(3,25)26/h8-10,14H,4-7H2,1-3H3,(H,19,21,22). The Labute approximate surface area is 166 Å². The van der Waals surface area contributed by atoms with Crippen LogP contribution in [0.5, 0.6) is 0 Å². The van der Waals surface area contributed by atoms with Gasteiger partial charge >= 0.3 is 0 Å². The van der Waals surface area contributed by atoms with Gasteiger partial charge in [0.15, 0.2) is 5.13 Å². The van der Waals surface area contributed by atoms with Gasteiger partial charge in [-0.25, -0.2) is 36.5 Å². The Bertz CT molecular complexity index is 927. The second-order valence-corrected chi connectivity index (χ2v) is 9.77. The third-order valence-corrected chi connectivity index (χ3v) is 6.89. The SMILES string of the molecule is CN(C)c1ncc(-c2nc(NC3CCN(S(C)(=O)=O)CC3)ncc2C(F)F)s1. The maximum absolute atomic E-state index is 13.4. The van der Waals surface area contributed by atoms with Crippen LogP contribution in [0, 0.1) is 0 Å². The number of halogens is 2. The molecule has 1 N–H and O–H groups in total. The van der Waals surface area contributed by atoms with Crippen molar-refractivity contribution in [1.29, 1.82) is 0 Å². The first-order valence-corrected chi connectivity index (χ1v) is 11.3. The van der Waals surface area contributed by atoms with Gasteiger partial charge in [-0.05, 0) is 12.8 Å². The van der Waals surface area contributed by atoms with Crippen LogP contribution < -0.4 is 10.2 Å². The van der Waals surface area contributed by atoms with Crippen molar-refractivity contribution in [2.45, 2.75) is 25.3 Å². The largest absolute Gasteiger partial charge is 0.354 e. The van der Waals surface area contributed by atoms with E-state index in [9.17, 15) is 17.2 Å². The lowest BCUT2D eigenvalue weighted by Crippen LogP contribution is -2.42. The molecule has 0 amide bonds. The Kier molecular flexibility index (Phi) is 6.10. The van der Waals surface area contributed by atoms with Crippen molar-refractivity contribution in [3.05, 3.63) is 18.0 Å². The molecule has 1 saturated heterocycles. The van der Waals surface area contributed by atoms with E-state index >= 15 is 0 Å². The molecule has 3 heterocycles. The highest BCUT2D eigenvalue weighted by Crippen LogP contribution is 2.35. The number of hydrogen-bond donors (Lipinski definition) is 1. The molecule has 0 unspecified atom stereocenters. The van der Waals surface area contributed by atoms with E-state index in [2.05, 4.69) is 20.3 Å². The molecule has 1 fully saturated rings. The van der Waals surface area contributed by atoms with Gasteiger partial charge in [0.25, 0.3) is 6.43 Å². The third kappa shape index (κ3) is 4.73. The van der Waals surface area contributed by atoms with Crippen LogP contribution in [-0.2, 0) is 10.0 Å². The Balaban J connectivity index is 1.80. The molecular formula is C16H22F2N6O2S2. The highest BCUT2D eigenvalue weighted by Gasteiger charge is 2.26. The van der Waals surface area contributed by atoms with Crippen molar-refractivity contribution in [2.24, 2.45) is 0 Å². The number of thiazole rings is 1. The minimum absolute atomic E-state index is 0.0259. The minimum Gasteiger partial charge on any atom is -0.354 e. The van der Waals surface area contributed by atoms with Crippen LogP contribution in [0.3, 0.4) is 0 Å². The van der Waals surface area contributed by atoms with E-state index in [-0.39, 0.29) is 23.2 Å². The summed E-state index contributed by atoms with van der Waals surface area (Å²) in [5.41, 5.74) is -0.0851. The zero-order valence-electron chi connectivity index (χ0n) is 15.8. The predicted octanol–water partition coefficient (Wildman–Crippen LogP) is 2.44. The van der Waals surface area contributed by atoms with Crippen molar-refractivity contribution >= 4 is 32.4 Å². The predicted molar refractivity (Wildman–Crippen MR) is 105 cm³/mol. The molecule has 2 aromatic heterocycles. The zero-order valence-corrected chi connectivity index (χ0v) is 17.4. The van der Waals surface area contributed by atoms with Crippen LogP contribution in [0.2, 0.25) is 0 Å². The van der Waals surface area contributed by atoms with Gasteiger partial charge in [-0.15, -0.1) is 0 Å². The molecule has 3 rings (SSSR count). The number of hydrogen-bond acceptors (Lipinski definition) is 8. The highest BCUT2D eigenvalue weighted by atomic mass is 32.2. The number of nitrogens with zero attached hydrogens (tertiary/aromatic N) is 5. The Hall–Kier alpha value is -1.92. The Morgan fingerprint density at radius 1 is 1.25 bits per heavy atom. The number of alkyl halides is 2. The molecule has 0 atom stereocenters. The molecule has 1 aliphatic rings. The van der Waals surface area contributed by atoms with Gasteiger partial charge in [0.1, 0.15) is 0 Å². The summed E-state index contributed by atoms with van der Waals surface area (Å²) in [5, 5.41) is 3.84.